The van der Waals surface area contributed by atoms with Crippen LogP contribution in [0.3, 0.4) is 0 Å². The summed E-state index contributed by atoms with van der Waals surface area (Å²) >= 11 is 3.17. The normalized spacial score (nSPS) is 10.5. The summed E-state index contributed by atoms with van der Waals surface area (Å²) in [6, 6.07) is 23.8. The summed E-state index contributed by atoms with van der Waals surface area (Å²) in [6.45, 7) is 7.46. The SMILES string of the molecule is Cc1ccccc1CNc1cc(OCCc2scnc2C)cc(C(=O)Nc2ccc(C(=O)O)cn2)c1.Cc1ncsc1CCOc1cc(N)cc(C(=O)Nc2ccc(C(=O)O)cn2)c1. The highest BCUT2D eigenvalue weighted by atomic mass is 32.1. The van der Waals surface area contributed by atoms with Gasteiger partial charge in [0.15, 0.2) is 0 Å². The summed E-state index contributed by atoms with van der Waals surface area (Å²) in [7, 11) is 0. The minimum absolute atomic E-state index is 0.0359. The Labute approximate surface area is 376 Å². The number of nitrogens with zero attached hydrogens (tertiary/aromatic N) is 4. The molecule has 328 valence electrons. The Morgan fingerprint density at radius 1 is 0.625 bits per heavy atom. The number of amides is 2. The van der Waals surface area contributed by atoms with Crippen LogP contribution in [0.4, 0.5) is 23.0 Å². The number of thiazole rings is 2. The number of aromatic nitrogens is 4. The third-order valence-corrected chi connectivity index (χ3v) is 11.5. The number of nitrogen functional groups attached to an aromatic ring is 1. The van der Waals surface area contributed by atoms with Crippen LogP contribution in [0.25, 0.3) is 0 Å². The number of aromatic carboxylic acids is 2. The molecule has 2 amide bonds. The quantitative estimate of drug-likeness (QED) is 0.0471. The molecule has 7 aromatic rings. The van der Waals surface area contributed by atoms with Crippen LogP contribution in [0.15, 0.2) is 108 Å². The highest BCUT2D eigenvalue weighted by molar-refractivity contribution is 7.10. The van der Waals surface area contributed by atoms with E-state index in [0.29, 0.717) is 54.5 Å². The number of pyridine rings is 2. The lowest BCUT2D eigenvalue weighted by molar-refractivity contribution is 0.0685. The lowest BCUT2D eigenvalue weighted by Gasteiger charge is -2.14. The van der Waals surface area contributed by atoms with Gasteiger partial charge in [0, 0.05) is 76.2 Å². The van der Waals surface area contributed by atoms with Crippen LogP contribution in [-0.4, -0.2) is 67.1 Å². The summed E-state index contributed by atoms with van der Waals surface area (Å²) in [4.78, 5) is 66.1. The lowest BCUT2D eigenvalue weighted by Crippen LogP contribution is -2.14. The van der Waals surface area contributed by atoms with Crippen LogP contribution in [-0.2, 0) is 19.4 Å². The van der Waals surface area contributed by atoms with Crippen LogP contribution in [0.2, 0.25) is 0 Å². The standard InChI is InChI=1S/C27H26N4O4S.C19H18N4O4S/c1-17-5-3-4-6-19(17)14-28-22-11-21(26(32)31-25-8-7-20(15-29-25)27(33)34)12-23(13-22)35-10-9-24-18(2)30-16-36-24;1-11-16(28-10-22-11)4-5-27-15-7-13(6-14(20)8-15)18(24)23-17-3-2-12(9-21-17)19(25)26/h3-8,11-13,15-16,28H,9-10,14H2,1-2H3,(H,33,34)(H,29,31,32);2-3,6-10H,4-5,20H2,1H3,(H,25,26)(H,21,23,24). The number of anilines is 4. The Balaban J connectivity index is 0.000000219. The van der Waals surface area contributed by atoms with Crippen LogP contribution < -0.4 is 31.2 Å². The molecule has 0 spiro atoms. The number of benzene rings is 3. The van der Waals surface area contributed by atoms with Crippen LogP contribution in [0, 0.1) is 20.8 Å². The number of carbonyl (C=O) groups excluding carboxylic acids is 2. The van der Waals surface area contributed by atoms with Crippen molar-refractivity contribution < 1.29 is 38.9 Å². The number of nitrogens with one attached hydrogen (secondary N) is 3. The zero-order chi connectivity index (χ0) is 45.6. The minimum atomic E-state index is -1.09. The summed E-state index contributed by atoms with van der Waals surface area (Å²) in [6.07, 6.45) is 3.81. The number of rotatable bonds is 17. The number of carboxylic acids is 2. The molecule has 4 heterocycles. The molecule has 0 bridgehead atoms. The average Bonchev–Trinajstić information content (AvgIpc) is 3.89. The van der Waals surface area contributed by atoms with Crippen molar-refractivity contribution in [3.63, 3.8) is 0 Å². The van der Waals surface area contributed by atoms with Crippen molar-refractivity contribution in [1.82, 2.24) is 19.9 Å². The molecule has 0 atom stereocenters. The zero-order valence-electron chi connectivity index (χ0n) is 35.0. The molecule has 3 aromatic carbocycles. The Morgan fingerprint density at radius 3 is 1.61 bits per heavy atom. The van der Waals surface area contributed by atoms with Gasteiger partial charge in [0.2, 0.25) is 0 Å². The molecule has 7 rings (SSSR count). The molecule has 18 heteroatoms. The van der Waals surface area contributed by atoms with Crippen molar-refractivity contribution in [3.8, 4) is 11.5 Å². The monoisotopic (exact) mass is 900 g/mol. The predicted octanol–water partition coefficient (Wildman–Crippen LogP) is 8.34. The van der Waals surface area contributed by atoms with Crippen molar-refractivity contribution in [3.05, 3.63) is 163 Å². The van der Waals surface area contributed by atoms with Crippen molar-refractivity contribution in [2.75, 3.05) is 34.9 Å². The molecule has 0 aliphatic heterocycles. The van der Waals surface area contributed by atoms with Gasteiger partial charge in [-0.25, -0.2) is 29.5 Å². The van der Waals surface area contributed by atoms with Gasteiger partial charge in [-0.3, -0.25) is 9.59 Å². The van der Waals surface area contributed by atoms with E-state index < -0.39 is 17.8 Å². The zero-order valence-corrected chi connectivity index (χ0v) is 36.6. The second-order valence-corrected chi connectivity index (χ2v) is 16.0. The van der Waals surface area contributed by atoms with Gasteiger partial charge in [-0.15, -0.1) is 22.7 Å². The predicted molar refractivity (Wildman–Crippen MR) is 246 cm³/mol. The van der Waals surface area contributed by atoms with Gasteiger partial charge in [-0.2, -0.15) is 0 Å². The van der Waals surface area contributed by atoms with Gasteiger partial charge in [-0.05, 0) is 80.4 Å². The maximum atomic E-state index is 13.0. The molecular weight excluding hydrogens is 857 g/mol. The molecule has 0 aliphatic rings. The van der Waals surface area contributed by atoms with Gasteiger partial charge in [0.1, 0.15) is 23.1 Å². The number of ether oxygens (including phenoxy) is 2. The summed E-state index contributed by atoms with van der Waals surface area (Å²) in [5.74, 6) is -1.43. The minimum Gasteiger partial charge on any atom is -0.493 e. The summed E-state index contributed by atoms with van der Waals surface area (Å²) < 4.78 is 11.7. The number of nitrogens with two attached hydrogens (primary N) is 1. The van der Waals surface area contributed by atoms with E-state index in [2.05, 4.69) is 54.9 Å². The first kappa shape index (κ1) is 45.8. The van der Waals surface area contributed by atoms with Crippen LogP contribution in [0.1, 0.15) is 73.7 Å². The Morgan fingerprint density at radius 2 is 1.14 bits per heavy atom. The van der Waals surface area contributed by atoms with E-state index in [1.54, 1.807) is 52.4 Å². The molecular formula is C46H44N8O8S2. The Hall–Kier alpha value is -7.70. The molecule has 0 saturated carbocycles. The van der Waals surface area contributed by atoms with E-state index in [0.717, 1.165) is 38.8 Å². The van der Waals surface area contributed by atoms with Crippen LogP contribution in [0.5, 0.6) is 11.5 Å². The highest BCUT2D eigenvalue weighted by Crippen LogP contribution is 2.25. The number of aryl methyl sites for hydroxylation is 3. The first-order valence-electron chi connectivity index (χ1n) is 19.7. The summed E-state index contributed by atoms with van der Waals surface area (Å²) in [5, 5.41) is 26.6. The molecule has 0 fully saturated rings. The highest BCUT2D eigenvalue weighted by Gasteiger charge is 2.14. The first-order valence-corrected chi connectivity index (χ1v) is 21.5. The van der Waals surface area contributed by atoms with Gasteiger partial charge in [-0.1, -0.05) is 24.3 Å². The number of carboxylic acid groups (broad SMARTS) is 2. The maximum Gasteiger partial charge on any atom is 0.337 e. The average molecular weight is 901 g/mol. The fourth-order valence-corrected chi connectivity index (χ4v) is 7.50. The fourth-order valence-electron chi connectivity index (χ4n) is 5.98. The van der Waals surface area contributed by atoms with Gasteiger partial charge >= 0.3 is 11.9 Å². The smallest absolute Gasteiger partial charge is 0.337 e. The van der Waals surface area contributed by atoms with Gasteiger partial charge < -0.3 is 41.4 Å². The van der Waals surface area contributed by atoms with E-state index in [4.69, 9.17) is 25.4 Å². The molecule has 16 nitrogen and oxygen atoms in total. The van der Waals surface area contributed by atoms with E-state index in [9.17, 15) is 19.2 Å². The largest absolute Gasteiger partial charge is 0.493 e. The van der Waals surface area contributed by atoms with Gasteiger partial charge in [0.25, 0.3) is 11.8 Å². The van der Waals surface area contributed by atoms with Crippen molar-refractivity contribution in [1.29, 1.82) is 0 Å². The third kappa shape index (κ3) is 13.2. The van der Waals surface area contributed by atoms with Crippen molar-refractivity contribution in [2.24, 2.45) is 0 Å². The van der Waals surface area contributed by atoms with E-state index in [-0.39, 0.29) is 28.7 Å². The molecule has 4 aromatic heterocycles. The van der Waals surface area contributed by atoms with E-state index >= 15 is 0 Å². The molecule has 0 radical (unpaired) electrons. The second-order valence-electron chi connectivity index (χ2n) is 14.1. The third-order valence-electron chi connectivity index (χ3n) is 9.49. The molecule has 64 heavy (non-hydrogen) atoms. The van der Waals surface area contributed by atoms with Crippen molar-refractivity contribution >= 4 is 69.4 Å². The van der Waals surface area contributed by atoms with E-state index in [1.165, 1.54) is 48.3 Å². The Kier molecular flexibility index (Phi) is 15.7. The van der Waals surface area contributed by atoms with Gasteiger partial charge in [0.05, 0.1) is 46.7 Å². The molecule has 0 aliphatic carbocycles. The maximum absolute atomic E-state index is 13.0. The summed E-state index contributed by atoms with van der Waals surface area (Å²) in [5.41, 5.74) is 15.7. The van der Waals surface area contributed by atoms with Crippen molar-refractivity contribution in [2.45, 2.75) is 40.2 Å². The second kappa shape index (κ2) is 21.9. The van der Waals surface area contributed by atoms with Crippen LogP contribution >= 0.6 is 22.7 Å². The fraction of sp³-hybridized carbons (Fsp3) is 0.174. The molecule has 0 unspecified atom stereocenters. The topological polar surface area (TPSA) is 241 Å². The van der Waals surface area contributed by atoms with E-state index in [1.807, 2.05) is 37.6 Å². The first-order chi connectivity index (χ1) is 30.8. The Bertz CT molecular complexity index is 2740. The number of hydrogen-bond acceptors (Lipinski definition) is 14. The number of carbonyl (C=O) groups is 4. The molecule has 0 saturated heterocycles. The molecule has 7 N–H and O–H groups in total. The lowest BCUT2D eigenvalue weighted by atomic mass is 10.1. The number of hydrogen-bond donors (Lipinski definition) is 6.